The maximum absolute atomic E-state index is 11.8. The van der Waals surface area contributed by atoms with Gasteiger partial charge in [-0.1, -0.05) is 41.6 Å². The normalized spacial score (nSPS) is 10.3. The molecule has 132 valence electrons. The summed E-state index contributed by atoms with van der Waals surface area (Å²) in [6, 6.07) is 15.5. The van der Waals surface area contributed by atoms with Gasteiger partial charge in [-0.2, -0.15) is 0 Å². The molecular weight excluding hydrogens is 376 g/mol. The molecule has 1 aromatic heterocycles. The Labute approximate surface area is 158 Å². The van der Waals surface area contributed by atoms with Crippen LogP contribution in [0.5, 0.6) is 0 Å². The molecular formula is C17H13ClN4O3S. The van der Waals surface area contributed by atoms with Crippen LogP contribution in [-0.2, 0) is 4.79 Å². The predicted molar refractivity (Wildman–Crippen MR) is 97.5 cm³/mol. The minimum absolute atomic E-state index is 0.0112. The summed E-state index contributed by atoms with van der Waals surface area (Å²) >= 11 is 6.90. The topological polar surface area (TPSA) is 97.1 Å². The quantitative estimate of drug-likeness (QED) is 0.515. The molecule has 7 nitrogen and oxygen atoms in total. The third-order valence-electron chi connectivity index (χ3n) is 3.18. The van der Waals surface area contributed by atoms with E-state index >= 15 is 0 Å². The second-order valence-electron chi connectivity index (χ2n) is 5.04. The molecule has 0 unspecified atom stereocenters. The predicted octanol–water partition coefficient (Wildman–Crippen LogP) is 2.94. The molecule has 26 heavy (non-hydrogen) atoms. The molecule has 1 heterocycles. The molecule has 0 saturated heterocycles. The number of hydrogen-bond acceptors (Lipinski definition) is 6. The van der Waals surface area contributed by atoms with E-state index in [1.54, 1.807) is 54.6 Å². The first-order valence-electron chi connectivity index (χ1n) is 7.48. The standard InChI is InChI=1S/C17H13ClN4O3S/c18-13-8-6-12(7-9-13)16-21-22-17(25-16)26-10-14(23)19-20-15(24)11-4-2-1-3-5-11/h1-9H,10H2,(H,19,23)(H,20,24). The summed E-state index contributed by atoms with van der Waals surface area (Å²) in [5.41, 5.74) is 5.85. The maximum atomic E-state index is 11.8. The summed E-state index contributed by atoms with van der Waals surface area (Å²) in [7, 11) is 0. The van der Waals surface area contributed by atoms with Crippen molar-refractivity contribution in [3.05, 3.63) is 65.2 Å². The van der Waals surface area contributed by atoms with Crippen LogP contribution < -0.4 is 10.9 Å². The van der Waals surface area contributed by atoms with Crippen molar-refractivity contribution < 1.29 is 14.0 Å². The van der Waals surface area contributed by atoms with E-state index in [0.29, 0.717) is 16.5 Å². The molecule has 0 atom stereocenters. The zero-order valence-electron chi connectivity index (χ0n) is 13.3. The third-order valence-corrected chi connectivity index (χ3v) is 4.25. The molecule has 0 saturated carbocycles. The Morgan fingerprint density at radius 3 is 2.46 bits per heavy atom. The minimum atomic E-state index is -0.398. The van der Waals surface area contributed by atoms with E-state index in [1.165, 1.54) is 0 Å². The summed E-state index contributed by atoms with van der Waals surface area (Å²) in [4.78, 5) is 23.6. The first-order valence-corrected chi connectivity index (χ1v) is 8.84. The second-order valence-corrected chi connectivity index (χ2v) is 6.40. The number of amides is 2. The Balaban J connectivity index is 1.47. The van der Waals surface area contributed by atoms with Gasteiger partial charge in [0.25, 0.3) is 11.1 Å². The Hall–Kier alpha value is -2.84. The lowest BCUT2D eigenvalue weighted by atomic mass is 10.2. The number of hydrogen-bond donors (Lipinski definition) is 2. The van der Waals surface area contributed by atoms with Crippen LogP contribution in [0.3, 0.4) is 0 Å². The lowest BCUT2D eigenvalue weighted by molar-refractivity contribution is -0.119. The fourth-order valence-electron chi connectivity index (χ4n) is 1.93. The van der Waals surface area contributed by atoms with Crippen LogP contribution in [0, 0.1) is 0 Å². The lowest BCUT2D eigenvalue weighted by Gasteiger charge is -2.06. The fraction of sp³-hybridized carbons (Fsp3) is 0.0588. The Kier molecular flexibility index (Phi) is 5.88. The highest BCUT2D eigenvalue weighted by atomic mass is 35.5. The van der Waals surface area contributed by atoms with Gasteiger partial charge in [0.1, 0.15) is 0 Å². The highest BCUT2D eigenvalue weighted by Crippen LogP contribution is 2.24. The fourth-order valence-corrected chi connectivity index (χ4v) is 2.62. The molecule has 0 fully saturated rings. The van der Waals surface area contributed by atoms with Gasteiger partial charge in [-0.15, -0.1) is 10.2 Å². The molecule has 0 bridgehead atoms. The van der Waals surface area contributed by atoms with Crippen molar-refractivity contribution in [3.8, 4) is 11.5 Å². The van der Waals surface area contributed by atoms with E-state index in [0.717, 1.165) is 17.3 Å². The van der Waals surface area contributed by atoms with Crippen molar-refractivity contribution in [2.24, 2.45) is 0 Å². The van der Waals surface area contributed by atoms with Gasteiger partial charge in [0.05, 0.1) is 5.75 Å². The number of halogens is 1. The third kappa shape index (κ3) is 4.84. The number of thioether (sulfide) groups is 1. The van der Waals surface area contributed by atoms with Crippen LogP contribution in [0.2, 0.25) is 5.02 Å². The van der Waals surface area contributed by atoms with Gasteiger partial charge in [0, 0.05) is 16.1 Å². The highest BCUT2D eigenvalue weighted by Gasteiger charge is 2.12. The van der Waals surface area contributed by atoms with Crippen molar-refractivity contribution in [2.75, 3.05) is 5.75 Å². The van der Waals surface area contributed by atoms with Crippen molar-refractivity contribution in [1.29, 1.82) is 0 Å². The van der Waals surface area contributed by atoms with Crippen LogP contribution in [0.1, 0.15) is 10.4 Å². The Bertz CT molecular complexity index is 900. The molecule has 2 amide bonds. The van der Waals surface area contributed by atoms with Crippen LogP contribution in [0.25, 0.3) is 11.5 Å². The molecule has 3 aromatic rings. The zero-order chi connectivity index (χ0) is 18.4. The van der Waals surface area contributed by atoms with Crippen LogP contribution in [0.15, 0.2) is 64.2 Å². The molecule has 0 radical (unpaired) electrons. The number of hydrazine groups is 1. The molecule has 2 N–H and O–H groups in total. The van der Waals surface area contributed by atoms with Crippen LogP contribution >= 0.6 is 23.4 Å². The number of nitrogens with zero attached hydrogens (tertiary/aromatic N) is 2. The number of nitrogens with one attached hydrogen (secondary N) is 2. The van der Waals surface area contributed by atoms with E-state index in [4.69, 9.17) is 16.0 Å². The van der Waals surface area contributed by atoms with Gasteiger partial charge < -0.3 is 4.42 Å². The Morgan fingerprint density at radius 1 is 1.00 bits per heavy atom. The maximum Gasteiger partial charge on any atom is 0.277 e. The van der Waals surface area contributed by atoms with Gasteiger partial charge in [-0.25, -0.2) is 0 Å². The summed E-state index contributed by atoms with van der Waals surface area (Å²) < 4.78 is 5.49. The average molecular weight is 389 g/mol. The van der Waals surface area contributed by atoms with E-state index < -0.39 is 11.8 Å². The lowest BCUT2D eigenvalue weighted by Crippen LogP contribution is -2.42. The first-order chi connectivity index (χ1) is 12.6. The largest absolute Gasteiger partial charge is 0.411 e. The van der Waals surface area contributed by atoms with Crippen molar-refractivity contribution >= 4 is 35.2 Å². The molecule has 0 aliphatic carbocycles. The number of carbonyl (C=O) groups excluding carboxylic acids is 2. The zero-order valence-corrected chi connectivity index (χ0v) is 14.9. The van der Waals surface area contributed by atoms with Gasteiger partial charge in [0.15, 0.2) is 0 Å². The number of aromatic nitrogens is 2. The molecule has 0 aliphatic heterocycles. The molecule has 9 heteroatoms. The van der Waals surface area contributed by atoms with Gasteiger partial charge in [0.2, 0.25) is 11.8 Å². The Morgan fingerprint density at radius 2 is 1.73 bits per heavy atom. The van der Waals surface area contributed by atoms with Crippen molar-refractivity contribution in [1.82, 2.24) is 21.0 Å². The van der Waals surface area contributed by atoms with Crippen LogP contribution in [-0.4, -0.2) is 27.8 Å². The van der Waals surface area contributed by atoms with Gasteiger partial charge in [-0.3, -0.25) is 20.4 Å². The van der Waals surface area contributed by atoms with E-state index in [1.807, 2.05) is 0 Å². The van der Waals surface area contributed by atoms with E-state index in [-0.39, 0.29) is 11.0 Å². The smallest absolute Gasteiger partial charge is 0.277 e. The minimum Gasteiger partial charge on any atom is -0.411 e. The molecule has 0 spiro atoms. The first kappa shape index (κ1) is 18.0. The summed E-state index contributed by atoms with van der Waals surface area (Å²) in [5, 5.41) is 8.66. The molecule has 3 rings (SSSR count). The number of carbonyl (C=O) groups is 2. The second kappa shape index (κ2) is 8.50. The SMILES string of the molecule is O=C(CSc1nnc(-c2ccc(Cl)cc2)o1)NNC(=O)c1ccccc1. The number of benzene rings is 2. The monoisotopic (exact) mass is 388 g/mol. The van der Waals surface area contributed by atoms with E-state index in [2.05, 4.69) is 21.0 Å². The van der Waals surface area contributed by atoms with Gasteiger partial charge >= 0.3 is 0 Å². The summed E-state index contributed by atoms with van der Waals surface area (Å²) in [5.74, 6) is -0.448. The van der Waals surface area contributed by atoms with Gasteiger partial charge in [-0.05, 0) is 36.4 Å². The molecule has 2 aromatic carbocycles. The summed E-state index contributed by atoms with van der Waals surface area (Å²) in [6.07, 6.45) is 0. The summed E-state index contributed by atoms with van der Waals surface area (Å²) in [6.45, 7) is 0. The highest BCUT2D eigenvalue weighted by molar-refractivity contribution is 7.99. The molecule has 0 aliphatic rings. The van der Waals surface area contributed by atoms with Crippen molar-refractivity contribution in [2.45, 2.75) is 5.22 Å². The average Bonchev–Trinajstić information content (AvgIpc) is 3.14. The number of rotatable bonds is 5. The van der Waals surface area contributed by atoms with Crippen LogP contribution in [0.4, 0.5) is 0 Å². The van der Waals surface area contributed by atoms with E-state index in [9.17, 15) is 9.59 Å². The van der Waals surface area contributed by atoms with Crippen molar-refractivity contribution in [3.63, 3.8) is 0 Å².